The van der Waals surface area contributed by atoms with Gasteiger partial charge in [-0.05, 0) is 36.4 Å². The Hall–Kier alpha value is -1.12. The number of rotatable bonds is 5. The van der Waals surface area contributed by atoms with Crippen molar-refractivity contribution in [3.8, 4) is 0 Å². The molecule has 1 fully saturated rings. The number of hydrogen-bond acceptors (Lipinski definition) is 1. The number of benzene rings is 2. The van der Waals surface area contributed by atoms with Crippen LogP contribution in [-0.4, -0.2) is 19.1 Å². The Labute approximate surface area is 194 Å². The molecule has 158 valence electrons. The first kappa shape index (κ1) is 22.6. The zero-order chi connectivity index (χ0) is 20.5. The van der Waals surface area contributed by atoms with Crippen molar-refractivity contribution in [2.75, 3.05) is 0 Å². The van der Waals surface area contributed by atoms with Crippen LogP contribution in [0.4, 0.5) is 0 Å². The van der Waals surface area contributed by atoms with Crippen LogP contribution in [0.15, 0.2) is 73.1 Å². The summed E-state index contributed by atoms with van der Waals surface area (Å²) in [5, 5.41) is 0. The van der Waals surface area contributed by atoms with E-state index in [1.54, 1.807) is 0 Å². The van der Waals surface area contributed by atoms with E-state index in [-0.39, 0.29) is 0 Å². The zero-order valence-corrected chi connectivity index (χ0v) is 20.2. The van der Waals surface area contributed by atoms with Crippen LogP contribution in [0.1, 0.15) is 43.2 Å². The number of imidazole rings is 1. The molecule has 6 heteroatoms. The van der Waals surface area contributed by atoms with Gasteiger partial charge in [-0.3, -0.25) is 0 Å². The molecule has 1 heterocycles. The molecule has 1 saturated carbocycles. The van der Waals surface area contributed by atoms with Crippen LogP contribution in [0.3, 0.4) is 0 Å². The minimum atomic E-state index is 0.419. The predicted molar refractivity (Wildman–Crippen MR) is 117 cm³/mol. The van der Waals surface area contributed by atoms with Crippen molar-refractivity contribution in [3.63, 3.8) is 0 Å². The topological polar surface area (TPSA) is 13.1 Å². The third-order valence-corrected chi connectivity index (χ3v) is 6.96. The second-order valence-corrected chi connectivity index (χ2v) is 9.24. The molecule has 0 N–H and O–H groups in total. The third-order valence-electron chi connectivity index (χ3n) is 5.11. The quantitative estimate of drug-likeness (QED) is 0.305. The molecule has 1 aromatic heterocycles. The second kappa shape index (κ2) is 11.9. The molecular formula is C23H27Cl2N3Pt. The first-order chi connectivity index (χ1) is 14.1. The standard InChI is InChI=1S/C17H16N2.C6H11Cl2N.Pt/c1-3-7-16(8-4-1)13-18-11-12-19(15-18)14-17-9-5-2-6-10-17;7-9(8)6-4-2-1-3-5-6;/h1-12H,13-14H2;6H,1-5H2;. The molecular weight excluding hydrogens is 584 g/mol. The molecule has 1 aliphatic rings. The van der Waals surface area contributed by atoms with Crippen molar-refractivity contribution < 1.29 is 19.4 Å². The van der Waals surface area contributed by atoms with Crippen molar-refractivity contribution in [3.05, 3.63) is 88.0 Å². The Morgan fingerprint density at radius 1 is 0.759 bits per heavy atom. The van der Waals surface area contributed by atoms with E-state index in [1.807, 2.05) is 0 Å². The molecule has 0 amide bonds. The van der Waals surface area contributed by atoms with Gasteiger partial charge in [0.15, 0.2) is 0 Å². The summed E-state index contributed by atoms with van der Waals surface area (Å²) >= 11 is 13.5. The molecule has 3 nitrogen and oxygen atoms in total. The van der Waals surface area contributed by atoms with Crippen LogP contribution < -0.4 is 0 Å². The molecule has 29 heavy (non-hydrogen) atoms. The zero-order valence-electron chi connectivity index (χ0n) is 16.4. The van der Waals surface area contributed by atoms with Crippen molar-refractivity contribution in [2.45, 2.75) is 51.2 Å². The molecule has 2 aromatic carbocycles. The Kier molecular flexibility index (Phi) is 9.26. The van der Waals surface area contributed by atoms with Crippen LogP contribution in [0.5, 0.6) is 0 Å². The Balaban J connectivity index is 0.000000224. The van der Waals surface area contributed by atoms with Crippen LogP contribution >= 0.6 is 23.6 Å². The van der Waals surface area contributed by atoms with E-state index in [0.717, 1.165) is 25.9 Å². The number of nitrogens with zero attached hydrogens (tertiary/aromatic N) is 3. The average molecular weight is 611 g/mol. The molecule has 4 rings (SSSR count). The molecule has 3 aromatic rings. The van der Waals surface area contributed by atoms with Crippen molar-refractivity contribution in [1.29, 1.82) is 0 Å². The predicted octanol–water partition coefficient (Wildman–Crippen LogP) is 6.39. The van der Waals surface area contributed by atoms with Gasteiger partial charge in [0.25, 0.3) is 0 Å². The maximum absolute atomic E-state index is 5.56. The van der Waals surface area contributed by atoms with Crippen molar-refractivity contribution >= 4 is 23.6 Å². The molecule has 0 saturated heterocycles. The molecule has 0 bridgehead atoms. The van der Waals surface area contributed by atoms with E-state index >= 15 is 0 Å². The fraction of sp³-hybridized carbons (Fsp3) is 0.348. The van der Waals surface area contributed by atoms with Gasteiger partial charge in [0.05, 0.1) is 0 Å². The fourth-order valence-corrected chi connectivity index (χ4v) is 4.59. The van der Waals surface area contributed by atoms with E-state index in [2.05, 4.69) is 102 Å². The van der Waals surface area contributed by atoms with Crippen molar-refractivity contribution in [1.82, 2.24) is 13.1 Å². The first-order valence-electron chi connectivity index (χ1n) is 10.0. The summed E-state index contributed by atoms with van der Waals surface area (Å²) in [6.45, 7) is 1.84. The minimum absolute atomic E-state index is 0.419. The second-order valence-electron chi connectivity index (χ2n) is 7.32. The summed E-state index contributed by atoms with van der Waals surface area (Å²) in [7, 11) is 0. The normalized spacial score (nSPS) is 14.5. The monoisotopic (exact) mass is 610 g/mol. The van der Waals surface area contributed by atoms with E-state index in [1.165, 1.54) is 38.1 Å². The summed E-state index contributed by atoms with van der Waals surface area (Å²) in [6, 6.07) is 21.5. The van der Waals surface area contributed by atoms with Gasteiger partial charge < -0.3 is 0 Å². The molecule has 0 radical (unpaired) electrons. The van der Waals surface area contributed by atoms with Gasteiger partial charge in [0, 0.05) is 6.04 Å². The molecule has 0 spiro atoms. The maximum atomic E-state index is 5.56. The van der Waals surface area contributed by atoms with E-state index in [4.69, 9.17) is 23.6 Å². The number of aromatic nitrogens is 2. The third kappa shape index (κ3) is 7.26. The SMILES string of the molecule is ClN(Cl)C1CCCCC1.[Pt]=[c]1n(Cc2ccccc2)ccn1Cc1ccccc1. The molecule has 0 aliphatic heterocycles. The summed E-state index contributed by atoms with van der Waals surface area (Å²) in [5.74, 6) is 0. The van der Waals surface area contributed by atoms with Crippen LogP contribution in [0, 0.1) is 3.80 Å². The van der Waals surface area contributed by atoms with E-state index < -0.39 is 0 Å². The summed E-state index contributed by atoms with van der Waals surface area (Å²) in [6.07, 6.45) is 10.5. The van der Waals surface area contributed by atoms with Crippen molar-refractivity contribution in [2.24, 2.45) is 0 Å². The molecule has 0 atom stereocenters. The summed E-state index contributed by atoms with van der Waals surface area (Å²) < 4.78 is 7.11. The number of hydrogen-bond donors (Lipinski definition) is 0. The molecule has 1 aliphatic carbocycles. The Morgan fingerprint density at radius 2 is 1.21 bits per heavy atom. The fourth-order valence-electron chi connectivity index (χ4n) is 3.50. The summed E-state index contributed by atoms with van der Waals surface area (Å²) in [5.41, 5.74) is 2.65. The Bertz CT molecular complexity index is 839. The first-order valence-corrected chi connectivity index (χ1v) is 11.8. The summed E-state index contributed by atoms with van der Waals surface area (Å²) in [4.78, 5) is 0. The van der Waals surface area contributed by atoms with Crippen LogP contribution in [0.2, 0.25) is 0 Å². The van der Waals surface area contributed by atoms with Gasteiger partial charge in [0.2, 0.25) is 0 Å². The van der Waals surface area contributed by atoms with Gasteiger partial charge in [-0.1, -0.05) is 19.3 Å². The van der Waals surface area contributed by atoms with E-state index in [0.29, 0.717) is 6.04 Å². The van der Waals surface area contributed by atoms with Gasteiger partial charge in [-0.15, -0.1) is 3.94 Å². The number of halogens is 2. The Morgan fingerprint density at radius 3 is 1.59 bits per heavy atom. The van der Waals surface area contributed by atoms with Gasteiger partial charge in [-0.25, -0.2) is 0 Å². The molecule has 0 unspecified atom stereocenters. The van der Waals surface area contributed by atoms with Gasteiger partial charge in [0.1, 0.15) is 0 Å². The average Bonchev–Trinajstić information content (AvgIpc) is 3.10. The van der Waals surface area contributed by atoms with Crippen LogP contribution in [0.25, 0.3) is 0 Å². The van der Waals surface area contributed by atoms with Crippen LogP contribution in [-0.2, 0) is 32.4 Å². The van der Waals surface area contributed by atoms with Gasteiger partial charge in [-0.2, -0.15) is 0 Å². The van der Waals surface area contributed by atoms with E-state index in [9.17, 15) is 0 Å². The van der Waals surface area contributed by atoms with Gasteiger partial charge >= 0.3 is 130 Å².